The number of esters is 1. The second-order valence-electron chi connectivity index (χ2n) is 7.95. The van der Waals surface area contributed by atoms with E-state index in [4.69, 9.17) is 14.2 Å². The van der Waals surface area contributed by atoms with Crippen molar-refractivity contribution in [2.45, 2.75) is 13.8 Å². The molecule has 1 aliphatic heterocycles. The molecule has 4 rings (SSSR count). The molecule has 0 spiro atoms. The lowest BCUT2D eigenvalue weighted by atomic mass is 10.1. The van der Waals surface area contributed by atoms with Crippen LogP contribution in [0.5, 0.6) is 11.5 Å². The minimum atomic E-state index is -0.536. The normalized spacial score (nSPS) is 12.1. The summed E-state index contributed by atoms with van der Waals surface area (Å²) in [6.07, 6.45) is 1.55. The monoisotopic (exact) mass is 472 g/mol. The zero-order valence-electron chi connectivity index (χ0n) is 19.5. The zero-order valence-corrected chi connectivity index (χ0v) is 19.5. The highest BCUT2D eigenvalue weighted by atomic mass is 16.7. The predicted octanol–water partition coefficient (Wildman–Crippen LogP) is 4.23. The molecule has 8 nitrogen and oxygen atoms in total. The van der Waals surface area contributed by atoms with Crippen molar-refractivity contribution in [3.05, 3.63) is 94.2 Å². The minimum Gasteiger partial charge on any atom is -0.465 e. The van der Waals surface area contributed by atoms with Crippen molar-refractivity contribution in [3.8, 4) is 11.5 Å². The van der Waals surface area contributed by atoms with Gasteiger partial charge in [0.15, 0.2) is 11.5 Å². The van der Waals surface area contributed by atoms with E-state index in [1.165, 1.54) is 19.2 Å². The second-order valence-corrected chi connectivity index (χ2v) is 7.95. The third kappa shape index (κ3) is 5.50. The molecule has 3 aromatic carbocycles. The third-order valence-electron chi connectivity index (χ3n) is 5.53. The number of hydrogen-bond acceptors (Lipinski definition) is 6. The molecule has 178 valence electrons. The van der Waals surface area contributed by atoms with E-state index in [1.807, 2.05) is 19.9 Å². The van der Waals surface area contributed by atoms with Gasteiger partial charge in [0.05, 0.1) is 12.7 Å². The van der Waals surface area contributed by atoms with Gasteiger partial charge in [-0.05, 0) is 85.1 Å². The number of anilines is 1. The molecule has 0 bridgehead atoms. The number of hydrogen-bond donors (Lipinski definition) is 2. The van der Waals surface area contributed by atoms with Gasteiger partial charge in [-0.2, -0.15) is 0 Å². The van der Waals surface area contributed by atoms with Crippen LogP contribution in [0.3, 0.4) is 0 Å². The van der Waals surface area contributed by atoms with Gasteiger partial charge in [-0.3, -0.25) is 9.59 Å². The summed E-state index contributed by atoms with van der Waals surface area (Å²) in [6.45, 7) is 4.00. The maximum absolute atomic E-state index is 13.2. The molecule has 0 saturated heterocycles. The first kappa shape index (κ1) is 23.6. The predicted molar refractivity (Wildman–Crippen MR) is 130 cm³/mol. The molecule has 2 N–H and O–H groups in total. The van der Waals surface area contributed by atoms with Crippen LogP contribution >= 0.6 is 0 Å². The van der Waals surface area contributed by atoms with Crippen LogP contribution in [0.4, 0.5) is 5.69 Å². The van der Waals surface area contributed by atoms with Crippen LogP contribution in [0.15, 0.2) is 66.4 Å². The van der Waals surface area contributed by atoms with Crippen LogP contribution in [-0.4, -0.2) is 31.7 Å². The van der Waals surface area contributed by atoms with E-state index < -0.39 is 17.8 Å². The summed E-state index contributed by atoms with van der Waals surface area (Å²) < 4.78 is 15.4. The van der Waals surface area contributed by atoms with E-state index in [9.17, 15) is 14.4 Å². The fraction of sp³-hybridized carbons (Fsp3) is 0.148. The number of fused-ring (bicyclic) bond motifs is 1. The van der Waals surface area contributed by atoms with Crippen LogP contribution in [0.1, 0.15) is 37.4 Å². The Bertz CT molecular complexity index is 1330. The molecule has 35 heavy (non-hydrogen) atoms. The first-order valence-corrected chi connectivity index (χ1v) is 10.8. The first-order valence-electron chi connectivity index (χ1n) is 10.8. The Kier molecular flexibility index (Phi) is 6.82. The fourth-order valence-corrected chi connectivity index (χ4v) is 3.41. The number of aryl methyl sites for hydroxylation is 2. The van der Waals surface area contributed by atoms with Gasteiger partial charge in [0.1, 0.15) is 5.70 Å². The van der Waals surface area contributed by atoms with Crippen LogP contribution < -0.4 is 20.1 Å². The SMILES string of the molecule is COC(=O)c1ccc(NC(=O)C(=Cc2ccc3c(c2)OCO3)NC(=O)c2ccc(C)c(C)c2)cc1. The lowest BCUT2D eigenvalue weighted by Gasteiger charge is -2.12. The van der Waals surface area contributed by atoms with Crippen molar-refractivity contribution in [2.75, 3.05) is 19.2 Å². The number of ether oxygens (including phenoxy) is 3. The zero-order chi connectivity index (χ0) is 24.9. The van der Waals surface area contributed by atoms with E-state index in [0.717, 1.165) is 11.1 Å². The summed E-state index contributed by atoms with van der Waals surface area (Å²) in [6, 6.07) is 16.8. The maximum Gasteiger partial charge on any atom is 0.337 e. The number of benzene rings is 3. The summed E-state index contributed by atoms with van der Waals surface area (Å²) in [5.74, 6) is -0.274. The molecule has 0 atom stereocenters. The van der Waals surface area contributed by atoms with E-state index in [2.05, 4.69) is 10.6 Å². The smallest absolute Gasteiger partial charge is 0.337 e. The molecule has 3 aromatic rings. The van der Waals surface area contributed by atoms with Crippen LogP contribution in [0.25, 0.3) is 6.08 Å². The summed E-state index contributed by atoms with van der Waals surface area (Å²) in [4.78, 5) is 37.8. The van der Waals surface area contributed by atoms with Crippen molar-refractivity contribution in [2.24, 2.45) is 0 Å². The third-order valence-corrected chi connectivity index (χ3v) is 5.53. The maximum atomic E-state index is 13.2. The fourth-order valence-electron chi connectivity index (χ4n) is 3.41. The summed E-state index contributed by atoms with van der Waals surface area (Å²) in [5.41, 5.74) is 3.93. The standard InChI is InChI=1S/C27H24N2O6/c1-16-4-6-20(12-17(16)2)25(30)29-22(13-18-5-11-23-24(14-18)35-15-34-23)26(31)28-21-9-7-19(8-10-21)27(32)33-3/h4-14H,15H2,1-3H3,(H,28,31)(H,29,30). The number of rotatable bonds is 6. The van der Waals surface area contributed by atoms with Gasteiger partial charge in [-0.1, -0.05) is 12.1 Å². The highest BCUT2D eigenvalue weighted by Crippen LogP contribution is 2.33. The lowest BCUT2D eigenvalue weighted by molar-refractivity contribution is -0.113. The van der Waals surface area contributed by atoms with E-state index in [-0.39, 0.29) is 12.5 Å². The van der Waals surface area contributed by atoms with Crippen molar-refractivity contribution in [1.82, 2.24) is 5.32 Å². The van der Waals surface area contributed by atoms with Gasteiger partial charge in [0.2, 0.25) is 6.79 Å². The van der Waals surface area contributed by atoms with Crippen molar-refractivity contribution >= 4 is 29.5 Å². The Morgan fingerprint density at radius 2 is 1.57 bits per heavy atom. The average Bonchev–Trinajstić information content (AvgIpc) is 3.33. The summed E-state index contributed by atoms with van der Waals surface area (Å²) in [7, 11) is 1.30. The highest BCUT2D eigenvalue weighted by molar-refractivity contribution is 6.10. The van der Waals surface area contributed by atoms with Crippen molar-refractivity contribution < 1.29 is 28.6 Å². The summed E-state index contributed by atoms with van der Waals surface area (Å²) >= 11 is 0. The molecule has 1 heterocycles. The topological polar surface area (TPSA) is 103 Å². The number of amides is 2. The number of carbonyl (C=O) groups is 3. The number of methoxy groups -OCH3 is 1. The van der Waals surface area contributed by atoms with Gasteiger partial charge < -0.3 is 24.8 Å². The molecular weight excluding hydrogens is 448 g/mol. The number of carbonyl (C=O) groups excluding carboxylic acids is 3. The van der Waals surface area contributed by atoms with Crippen molar-refractivity contribution in [3.63, 3.8) is 0 Å². The van der Waals surface area contributed by atoms with Crippen LogP contribution in [0.2, 0.25) is 0 Å². The van der Waals surface area contributed by atoms with E-state index >= 15 is 0 Å². The quantitative estimate of drug-likeness (QED) is 0.411. The molecule has 0 unspecified atom stereocenters. The molecular formula is C27H24N2O6. The van der Waals surface area contributed by atoms with E-state index in [0.29, 0.717) is 33.9 Å². The molecule has 0 aliphatic carbocycles. The first-order chi connectivity index (χ1) is 16.8. The van der Waals surface area contributed by atoms with Crippen LogP contribution in [-0.2, 0) is 9.53 Å². The highest BCUT2D eigenvalue weighted by Gasteiger charge is 2.18. The molecule has 2 amide bonds. The molecule has 1 aliphatic rings. The van der Waals surface area contributed by atoms with Gasteiger partial charge in [-0.25, -0.2) is 4.79 Å². The summed E-state index contributed by atoms with van der Waals surface area (Å²) in [5, 5.41) is 5.46. The molecule has 0 radical (unpaired) electrons. The number of nitrogens with one attached hydrogen (secondary N) is 2. The Morgan fingerprint density at radius 3 is 2.29 bits per heavy atom. The average molecular weight is 472 g/mol. The molecule has 0 aromatic heterocycles. The van der Waals surface area contributed by atoms with Gasteiger partial charge >= 0.3 is 5.97 Å². The molecule has 0 saturated carbocycles. The largest absolute Gasteiger partial charge is 0.465 e. The Morgan fingerprint density at radius 1 is 0.857 bits per heavy atom. The Labute approximate surface area is 202 Å². The van der Waals surface area contributed by atoms with Gasteiger partial charge in [0, 0.05) is 11.3 Å². The molecule has 0 fully saturated rings. The Balaban J connectivity index is 1.61. The second kappa shape index (κ2) is 10.1. The van der Waals surface area contributed by atoms with Crippen LogP contribution in [0, 0.1) is 13.8 Å². The van der Waals surface area contributed by atoms with Gasteiger partial charge in [-0.15, -0.1) is 0 Å². The van der Waals surface area contributed by atoms with Crippen molar-refractivity contribution in [1.29, 1.82) is 0 Å². The lowest BCUT2D eigenvalue weighted by Crippen LogP contribution is -2.30. The van der Waals surface area contributed by atoms with Gasteiger partial charge in [0.25, 0.3) is 11.8 Å². The van der Waals surface area contributed by atoms with E-state index in [1.54, 1.807) is 48.5 Å². The minimum absolute atomic E-state index is 0.0316. The molecule has 8 heteroatoms. The Hall–Kier alpha value is -4.59.